The molecule has 6 aromatic rings. The third-order valence-electron chi connectivity index (χ3n) is 12.9. The first-order valence-electron chi connectivity index (χ1n) is 20.5. The Morgan fingerprint density at radius 1 is 0.305 bits per heavy atom. The Balaban J connectivity index is 0.884. The number of anilines is 2. The molecule has 6 heteroatoms. The smallest absolute Gasteiger partial charge is 0.238 e. The van der Waals surface area contributed by atoms with Gasteiger partial charge >= 0.3 is 0 Å². The van der Waals surface area contributed by atoms with Crippen molar-refractivity contribution >= 4 is 35.0 Å². The van der Waals surface area contributed by atoms with Gasteiger partial charge in [-0.3, -0.25) is 19.2 Å². The molecule has 6 aromatic carbocycles. The van der Waals surface area contributed by atoms with E-state index in [4.69, 9.17) is 0 Å². The summed E-state index contributed by atoms with van der Waals surface area (Å²) in [6.45, 7) is 0. The molecule has 2 fully saturated rings. The summed E-state index contributed by atoms with van der Waals surface area (Å²) in [5.41, 5.74) is 7.24. The monoisotopic (exact) mass is 770 g/mol. The van der Waals surface area contributed by atoms with Crippen LogP contribution in [-0.4, -0.2) is 23.6 Å². The molecule has 4 amide bonds. The Bertz CT molecular complexity index is 2270. The van der Waals surface area contributed by atoms with Crippen LogP contribution in [0.4, 0.5) is 11.4 Å². The van der Waals surface area contributed by atoms with Gasteiger partial charge in [0.2, 0.25) is 23.6 Å². The number of benzene rings is 6. The topological polar surface area (TPSA) is 74.8 Å². The Labute approximate surface area is 344 Å². The lowest BCUT2D eigenvalue weighted by atomic mass is 9.68. The number of imide groups is 2. The summed E-state index contributed by atoms with van der Waals surface area (Å²) in [6.07, 6.45) is 9.03. The van der Waals surface area contributed by atoms with E-state index in [1.165, 1.54) is 9.80 Å². The van der Waals surface area contributed by atoms with E-state index in [2.05, 4.69) is 24.3 Å². The van der Waals surface area contributed by atoms with Crippen molar-refractivity contribution in [1.29, 1.82) is 0 Å². The van der Waals surface area contributed by atoms with Crippen LogP contribution in [0.15, 0.2) is 194 Å². The van der Waals surface area contributed by atoms with E-state index in [9.17, 15) is 19.2 Å². The van der Waals surface area contributed by atoms with E-state index in [1.807, 2.05) is 170 Å². The molecule has 2 aliphatic heterocycles. The largest absolute Gasteiger partial charge is 0.274 e. The van der Waals surface area contributed by atoms with Crippen LogP contribution in [-0.2, 0) is 25.6 Å². The van der Waals surface area contributed by atoms with E-state index >= 15 is 0 Å². The maximum atomic E-state index is 14.4. The molecule has 2 saturated heterocycles. The summed E-state index contributed by atoms with van der Waals surface area (Å²) in [7, 11) is 0. The van der Waals surface area contributed by atoms with E-state index in [0.29, 0.717) is 17.8 Å². The summed E-state index contributed by atoms with van der Waals surface area (Å²) < 4.78 is 0. The van der Waals surface area contributed by atoms with Gasteiger partial charge in [-0.05, 0) is 64.1 Å². The molecule has 0 radical (unpaired) electrons. The minimum atomic E-state index is -0.513. The van der Waals surface area contributed by atoms with E-state index in [1.54, 1.807) is 0 Å². The number of fused-ring (bicyclic) bond motifs is 2. The predicted molar refractivity (Wildman–Crippen MR) is 230 cm³/mol. The number of hydrogen-bond donors (Lipinski definition) is 0. The number of hydrogen-bond acceptors (Lipinski definition) is 4. The maximum Gasteiger partial charge on any atom is 0.238 e. The summed E-state index contributed by atoms with van der Waals surface area (Å²) >= 11 is 0. The summed E-state index contributed by atoms with van der Waals surface area (Å²) in [5, 5.41) is 0. The van der Waals surface area contributed by atoms with Crippen LogP contribution in [0.1, 0.15) is 57.1 Å². The zero-order valence-electron chi connectivity index (χ0n) is 32.3. The van der Waals surface area contributed by atoms with Crippen molar-refractivity contribution in [3.8, 4) is 0 Å². The van der Waals surface area contributed by atoms with Crippen LogP contribution in [0, 0.1) is 23.7 Å². The van der Waals surface area contributed by atoms with Crippen molar-refractivity contribution in [2.45, 2.75) is 30.1 Å². The molecule has 0 spiro atoms. The maximum absolute atomic E-state index is 14.4. The van der Waals surface area contributed by atoms with Crippen molar-refractivity contribution < 1.29 is 19.2 Å². The van der Waals surface area contributed by atoms with Crippen molar-refractivity contribution in [3.63, 3.8) is 0 Å². The summed E-state index contributed by atoms with van der Waals surface area (Å²) in [6, 6.07) is 55.2. The number of nitrogens with zero attached hydrogens (tertiary/aromatic N) is 2. The van der Waals surface area contributed by atoms with Crippen LogP contribution in [0.2, 0.25) is 0 Å². The quantitative estimate of drug-likeness (QED) is 0.114. The first kappa shape index (κ1) is 36.4. The lowest BCUT2D eigenvalue weighted by Crippen LogP contribution is -2.31. The van der Waals surface area contributed by atoms with Gasteiger partial charge < -0.3 is 0 Å². The van der Waals surface area contributed by atoms with Crippen LogP contribution < -0.4 is 9.80 Å². The average Bonchev–Trinajstić information content (AvgIpc) is 3.72. The highest BCUT2D eigenvalue weighted by Gasteiger charge is 2.56. The third-order valence-corrected chi connectivity index (χ3v) is 12.9. The number of amides is 4. The van der Waals surface area contributed by atoms with Gasteiger partial charge in [0.15, 0.2) is 0 Å². The van der Waals surface area contributed by atoms with Gasteiger partial charge in [-0.2, -0.15) is 0 Å². The second-order valence-electron chi connectivity index (χ2n) is 16.2. The highest BCUT2D eigenvalue weighted by atomic mass is 16.2. The number of carbonyl (C=O) groups excluding carboxylic acids is 4. The van der Waals surface area contributed by atoms with E-state index in [-0.39, 0.29) is 47.3 Å². The fourth-order valence-corrected chi connectivity index (χ4v) is 10.1. The molecular formula is C53H42N2O4. The molecule has 6 nitrogen and oxygen atoms in total. The number of carbonyl (C=O) groups is 4. The highest BCUT2D eigenvalue weighted by molar-refractivity contribution is 6.23. The lowest BCUT2D eigenvalue weighted by Gasteiger charge is -2.32. The highest BCUT2D eigenvalue weighted by Crippen LogP contribution is 2.52. The minimum absolute atomic E-state index is 0.172. The second-order valence-corrected chi connectivity index (χ2v) is 16.2. The molecule has 2 heterocycles. The zero-order valence-corrected chi connectivity index (χ0v) is 32.3. The van der Waals surface area contributed by atoms with Crippen LogP contribution in [0.3, 0.4) is 0 Å². The normalized spacial score (nSPS) is 26.0. The first-order valence-corrected chi connectivity index (χ1v) is 20.5. The lowest BCUT2D eigenvalue weighted by molar-refractivity contribution is -0.124. The standard InChI is InChI=1S/C53H42N2O4/c56-50-46-42(36-13-5-1-6-14-36)29-30-43(37-15-7-2-8-16-37)47(46)51(57)54(50)40-25-21-34(22-26-40)33-35-23-27-41(28-24-35)55-52(58)48-44(38-17-9-3-10-18-38)31-32-45(49(48)53(55)59)39-19-11-4-12-20-39/h1-32,42-49H,33H2/t42-,43+,44-,45+,46-,47+,48-,49+. The first-order chi connectivity index (χ1) is 29.0. The molecular weight excluding hydrogens is 729 g/mol. The second kappa shape index (κ2) is 15.1. The number of allylic oxidation sites excluding steroid dienone is 4. The molecule has 2 aliphatic carbocycles. The SMILES string of the molecule is O=C1[C@@H]2[C@H](C(=O)N1c1ccc(Cc3ccc(N4C(=O)[C@@H]5[C@H](C4=O)[C@@H](c4ccccc4)C=C[C@H]5c4ccccc4)cc3)cc1)[C@@H](c1ccccc1)C=C[C@H]2c1ccccc1. The molecule has 10 rings (SSSR count). The van der Waals surface area contributed by atoms with Crippen LogP contribution in [0.5, 0.6) is 0 Å². The zero-order chi connectivity index (χ0) is 40.0. The van der Waals surface area contributed by atoms with E-state index in [0.717, 1.165) is 33.4 Å². The summed E-state index contributed by atoms with van der Waals surface area (Å²) in [4.78, 5) is 60.2. The Morgan fingerprint density at radius 2 is 0.542 bits per heavy atom. The van der Waals surface area contributed by atoms with Crippen molar-refractivity contribution in [2.75, 3.05) is 9.80 Å². The minimum Gasteiger partial charge on any atom is -0.274 e. The van der Waals surface area contributed by atoms with Gasteiger partial charge in [0, 0.05) is 23.7 Å². The molecule has 288 valence electrons. The molecule has 0 aromatic heterocycles. The molecule has 0 saturated carbocycles. The van der Waals surface area contributed by atoms with E-state index < -0.39 is 23.7 Å². The predicted octanol–water partition coefficient (Wildman–Crippen LogP) is 9.76. The van der Waals surface area contributed by atoms with Crippen LogP contribution in [0.25, 0.3) is 0 Å². The van der Waals surface area contributed by atoms with Gasteiger partial charge in [-0.1, -0.05) is 170 Å². The molecule has 8 atom stereocenters. The van der Waals surface area contributed by atoms with Crippen molar-refractivity contribution in [1.82, 2.24) is 0 Å². The molecule has 0 N–H and O–H groups in total. The summed E-state index contributed by atoms with van der Waals surface area (Å²) in [5.74, 6) is -3.54. The Kier molecular flexibility index (Phi) is 9.33. The molecule has 0 bridgehead atoms. The fraction of sp³-hybridized carbons (Fsp3) is 0.170. The average molecular weight is 771 g/mol. The van der Waals surface area contributed by atoms with Gasteiger partial charge in [0.05, 0.1) is 35.0 Å². The molecule has 0 unspecified atom stereocenters. The molecule has 59 heavy (non-hydrogen) atoms. The van der Waals surface area contributed by atoms with Gasteiger partial charge in [-0.25, -0.2) is 9.80 Å². The molecule has 4 aliphatic rings. The Hall–Kier alpha value is -6.92. The van der Waals surface area contributed by atoms with Crippen molar-refractivity contribution in [2.24, 2.45) is 23.7 Å². The van der Waals surface area contributed by atoms with Gasteiger partial charge in [-0.15, -0.1) is 0 Å². The third kappa shape index (κ3) is 6.36. The van der Waals surface area contributed by atoms with Crippen molar-refractivity contribution in [3.05, 3.63) is 228 Å². The van der Waals surface area contributed by atoms with Gasteiger partial charge in [0.25, 0.3) is 0 Å². The van der Waals surface area contributed by atoms with Gasteiger partial charge in [0.1, 0.15) is 0 Å². The fourth-order valence-electron chi connectivity index (χ4n) is 10.1. The number of rotatable bonds is 8. The van der Waals surface area contributed by atoms with Crippen LogP contribution >= 0.6 is 0 Å². The Morgan fingerprint density at radius 3 is 0.780 bits per heavy atom.